The van der Waals surface area contributed by atoms with Crippen LogP contribution in [0.25, 0.3) is 11.4 Å². The van der Waals surface area contributed by atoms with Crippen LogP contribution in [0.2, 0.25) is 0 Å². The molecule has 1 atom stereocenters. The number of fused-ring (bicyclic) bond motifs is 1. The first kappa shape index (κ1) is 18.7. The van der Waals surface area contributed by atoms with Crippen LogP contribution in [0, 0.1) is 0 Å². The van der Waals surface area contributed by atoms with E-state index in [1.54, 1.807) is 18.2 Å². The minimum atomic E-state index is -0.314. The normalized spacial score (nSPS) is 14.7. The lowest BCUT2D eigenvalue weighted by molar-refractivity contribution is 0.219. The van der Waals surface area contributed by atoms with E-state index in [0.29, 0.717) is 24.5 Å². The van der Waals surface area contributed by atoms with Gasteiger partial charge < -0.3 is 20.4 Å². The standard InChI is InChI=1S/C22H22N4O3/c1-2-16-12-20(27)26-21(24-16)15-7-5-8-17(10-15)25-22(28)23-13-18-11-14-6-3-4-9-19(14)29-18/h3-10,12,18H,2,11,13H2,1H3,(H2,23,25,28)(H,24,26,27)/t18-/m1/s1. The van der Waals surface area contributed by atoms with Crippen molar-refractivity contribution in [3.8, 4) is 17.1 Å². The molecule has 1 aliphatic heterocycles. The predicted molar refractivity (Wildman–Crippen MR) is 111 cm³/mol. The Morgan fingerprint density at radius 3 is 2.90 bits per heavy atom. The number of H-pyrrole nitrogens is 1. The molecule has 7 nitrogen and oxygen atoms in total. The largest absolute Gasteiger partial charge is 0.488 e. The average Bonchev–Trinajstić information content (AvgIpc) is 3.15. The average molecular weight is 390 g/mol. The van der Waals surface area contributed by atoms with Crippen molar-refractivity contribution in [2.45, 2.75) is 25.9 Å². The molecule has 0 aliphatic carbocycles. The summed E-state index contributed by atoms with van der Waals surface area (Å²) in [7, 11) is 0. The number of hydrogen-bond donors (Lipinski definition) is 3. The molecule has 0 fully saturated rings. The number of aromatic nitrogens is 2. The van der Waals surface area contributed by atoms with Gasteiger partial charge in [0.25, 0.3) is 5.56 Å². The number of carbonyl (C=O) groups excluding carboxylic acids is 1. The first-order valence-corrected chi connectivity index (χ1v) is 9.61. The van der Waals surface area contributed by atoms with E-state index in [1.807, 2.05) is 37.3 Å². The lowest BCUT2D eigenvalue weighted by Gasteiger charge is -2.13. The predicted octanol–water partition coefficient (Wildman–Crippen LogP) is 3.12. The highest BCUT2D eigenvalue weighted by molar-refractivity contribution is 5.89. The zero-order chi connectivity index (χ0) is 20.2. The summed E-state index contributed by atoms with van der Waals surface area (Å²) >= 11 is 0. The number of para-hydroxylation sites is 1. The van der Waals surface area contributed by atoms with Crippen LogP contribution >= 0.6 is 0 Å². The van der Waals surface area contributed by atoms with E-state index in [-0.39, 0.29) is 17.7 Å². The molecule has 29 heavy (non-hydrogen) atoms. The van der Waals surface area contributed by atoms with Crippen LogP contribution < -0.4 is 20.9 Å². The molecular weight excluding hydrogens is 368 g/mol. The number of nitrogens with zero attached hydrogens (tertiary/aromatic N) is 1. The summed E-state index contributed by atoms with van der Waals surface area (Å²) in [5.74, 6) is 1.36. The lowest BCUT2D eigenvalue weighted by atomic mass is 10.1. The van der Waals surface area contributed by atoms with Crippen LogP contribution in [0.3, 0.4) is 0 Å². The minimum Gasteiger partial charge on any atom is -0.488 e. The second-order valence-electron chi connectivity index (χ2n) is 6.91. The Balaban J connectivity index is 1.38. The van der Waals surface area contributed by atoms with Gasteiger partial charge in [-0.3, -0.25) is 4.79 Å². The van der Waals surface area contributed by atoms with Crippen LogP contribution in [-0.4, -0.2) is 28.6 Å². The van der Waals surface area contributed by atoms with Crippen LogP contribution in [0.15, 0.2) is 59.4 Å². The smallest absolute Gasteiger partial charge is 0.319 e. The van der Waals surface area contributed by atoms with Gasteiger partial charge in [0, 0.05) is 29.4 Å². The highest BCUT2D eigenvalue weighted by Crippen LogP contribution is 2.27. The van der Waals surface area contributed by atoms with Crippen molar-refractivity contribution < 1.29 is 9.53 Å². The molecular formula is C22H22N4O3. The number of rotatable bonds is 5. The third-order valence-electron chi connectivity index (χ3n) is 4.75. The fraction of sp³-hybridized carbons (Fsp3) is 0.227. The van der Waals surface area contributed by atoms with Gasteiger partial charge in [-0.15, -0.1) is 0 Å². The summed E-state index contributed by atoms with van der Waals surface area (Å²) in [5, 5.41) is 5.66. The van der Waals surface area contributed by atoms with E-state index in [2.05, 4.69) is 20.6 Å². The number of benzene rings is 2. The maximum atomic E-state index is 12.3. The summed E-state index contributed by atoms with van der Waals surface area (Å²) in [6.45, 7) is 2.36. The topological polar surface area (TPSA) is 96.1 Å². The van der Waals surface area contributed by atoms with E-state index >= 15 is 0 Å². The van der Waals surface area contributed by atoms with Crippen molar-refractivity contribution >= 4 is 11.7 Å². The van der Waals surface area contributed by atoms with E-state index < -0.39 is 0 Å². The molecule has 3 aromatic rings. The van der Waals surface area contributed by atoms with Crippen molar-refractivity contribution in [1.29, 1.82) is 0 Å². The molecule has 2 aromatic carbocycles. The third-order valence-corrected chi connectivity index (χ3v) is 4.75. The molecule has 0 saturated heterocycles. The Bertz CT molecular complexity index is 1070. The van der Waals surface area contributed by atoms with Crippen LogP contribution in [-0.2, 0) is 12.8 Å². The number of carbonyl (C=O) groups is 1. The van der Waals surface area contributed by atoms with Gasteiger partial charge in [-0.25, -0.2) is 9.78 Å². The maximum absolute atomic E-state index is 12.3. The Labute approximate surface area is 168 Å². The number of urea groups is 1. The van der Waals surface area contributed by atoms with Gasteiger partial charge in [-0.05, 0) is 30.2 Å². The van der Waals surface area contributed by atoms with Gasteiger partial charge in [0.05, 0.1) is 6.54 Å². The van der Waals surface area contributed by atoms with E-state index in [0.717, 1.165) is 29.0 Å². The van der Waals surface area contributed by atoms with Gasteiger partial charge in [0.2, 0.25) is 0 Å². The first-order valence-electron chi connectivity index (χ1n) is 9.61. The molecule has 2 amide bonds. The van der Waals surface area contributed by atoms with Gasteiger partial charge in [-0.1, -0.05) is 37.3 Å². The monoisotopic (exact) mass is 390 g/mol. The number of hydrogen-bond acceptors (Lipinski definition) is 4. The molecule has 1 aliphatic rings. The third kappa shape index (κ3) is 4.45. The second-order valence-corrected chi connectivity index (χ2v) is 6.91. The molecule has 148 valence electrons. The van der Waals surface area contributed by atoms with Gasteiger partial charge >= 0.3 is 6.03 Å². The fourth-order valence-electron chi connectivity index (χ4n) is 3.32. The van der Waals surface area contributed by atoms with Gasteiger partial charge in [0.1, 0.15) is 17.7 Å². The number of nitrogens with one attached hydrogen (secondary N) is 3. The molecule has 0 unspecified atom stereocenters. The number of anilines is 1. The van der Waals surface area contributed by atoms with Crippen LogP contribution in [0.1, 0.15) is 18.2 Å². The van der Waals surface area contributed by atoms with Gasteiger partial charge in [0.15, 0.2) is 0 Å². The molecule has 0 bridgehead atoms. The summed E-state index contributed by atoms with van der Waals surface area (Å²) in [4.78, 5) is 31.3. The minimum absolute atomic E-state index is 0.0736. The zero-order valence-corrected chi connectivity index (χ0v) is 16.1. The van der Waals surface area contributed by atoms with Crippen molar-refractivity contribution in [1.82, 2.24) is 15.3 Å². The number of aromatic amines is 1. The molecule has 0 saturated carbocycles. The quantitative estimate of drug-likeness (QED) is 0.624. The Morgan fingerprint density at radius 2 is 2.07 bits per heavy atom. The molecule has 0 radical (unpaired) electrons. The molecule has 4 rings (SSSR count). The zero-order valence-electron chi connectivity index (χ0n) is 16.1. The highest BCUT2D eigenvalue weighted by atomic mass is 16.5. The first-order chi connectivity index (χ1) is 14.1. The molecule has 3 N–H and O–H groups in total. The number of aryl methyl sites for hydroxylation is 1. The highest BCUT2D eigenvalue weighted by Gasteiger charge is 2.22. The summed E-state index contributed by atoms with van der Waals surface area (Å²) < 4.78 is 5.83. The van der Waals surface area contributed by atoms with Gasteiger partial charge in [-0.2, -0.15) is 0 Å². The number of amides is 2. The van der Waals surface area contributed by atoms with Crippen molar-refractivity contribution in [3.63, 3.8) is 0 Å². The molecule has 1 aromatic heterocycles. The van der Waals surface area contributed by atoms with Crippen molar-refractivity contribution in [2.24, 2.45) is 0 Å². The maximum Gasteiger partial charge on any atom is 0.319 e. The number of ether oxygens (including phenoxy) is 1. The Hall–Kier alpha value is -3.61. The summed E-state index contributed by atoms with van der Waals surface area (Å²) in [6, 6.07) is 16.3. The van der Waals surface area contributed by atoms with E-state index in [4.69, 9.17) is 4.74 Å². The molecule has 0 spiro atoms. The van der Waals surface area contributed by atoms with Crippen molar-refractivity contribution in [3.05, 3.63) is 76.2 Å². The lowest BCUT2D eigenvalue weighted by Crippen LogP contribution is -2.37. The Kier molecular flexibility index (Phi) is 5.29. The van der Waals surface area contributed by atoms with E-state index in [9.17, 15) is 9.59 Å². The summed E-state index contributed by atoms with van der Waals surface area (Å²) in [5.41, 5.74) is 3.02. The molecule has 7 heteroatoms. The fourth-order valence-corrected chi connectivity index (χ4v) is 3.32. The SMILES string of the molecule is CCc1cc(=O)[nH]c(-c2cccc(NC(=O)NC[C@H]3Cc4ccccc4O3)c2)n1. The van der Waals surface area contributed by atoms with Crippen LogP contribution in [0.4, 0.5) is 10.5 Å². The van der Waals surface area contributed by atoms with Crippen LogP contribution in [0.5, 0.6) is 5.75 Å². The van der Waals surface area contributed by atoms with E-state index in [1.165, 1.54) is 6.07 Å². The molecule has 2 heterocycles. The van der Waals surface area contributed by atoms with Crippen molar-refractivity contribution in [2.75, 3.05) is 11.9 Å². The second kappa shape index (κ2) is 8.18. The Morgan fingerprint density at radius 1 is 1.21 bits per heavy atom. The summed E-state index contributed by atoms with van der Waals surface area (Å²) in [6.07, 6.45) is 1.37.